The van der Waals surface area contributed by atoms with E-state index in [1.807, 2.05) is 0 Å². The molecule has 0 heterocycles. The van der Waals surface area contributed by atoms with Gasteiger partial charge in [0.2, 0.25) is 0 Å². The third kappa shape index (κ3) is 33.4. The Labute approximate surface area is 399 Å². The van der Waals surface area contributed by atoms with E-state index in [-0.39, 0.29) is 0 Å². The lowest BCUT2D eigenvalue weighted by Crippen LogP contribution is -2.14. The minimum Gasteiger partial charge on any atom is -0.252 e. The Morgan fingerprint density at radius 1 is 0.297 bits per heavy atom. The molecule has 0 aromatic heterocycles. The van der Waals surface area contributed by atoms with Gasteiger partial charge in [-0.2, -0.15) is 0 Å². The van der Waals surface area contributed by atoms with E-state index >= 15 is 0 Å². The van der Waals surface area contributed by atoms with Gasteiger partial charge in [-0.3, -0.25) is 9.98 Å². The van der Waals surface area contributed by atoms with Crippen molar-refractivity contribution in [3.8, 4) is 23.7 Å². The molecule has 2 aromatic carbocycles. The van der Waals surface area contributed by atoms with Gasteiger partial charge in [-0.15, -0.1) is 23.7 Å². The Hall–Kier alpha value is -3.10. The van der Waals surface area contributed by atoms with Crippen molar-refractivity contribution < 1.29 is 0 Å². The van der Waals surface area contributed by atoms with Crippen molar-refractivity contribution >= 4 is 22.8 Å². The summed E-state index contributed by atoms with van der Waals surface area (Å²) in [5, 5.41) is 0. The van der Waals surface area contributed by atoms with E-state index in [2.05, 4.69) is 99.9 Å². The van der Waals surface area contributed by atoms with E-state index in [1.165, 1.54) is 178 Å². The Balaban J connectivity index is 1.70. The topological polar surface area (TPSA) is 24.7 Å². The fourth-order valence-corrected chi connectivity index (χ4v) is 8.58. The summed E-state index contributed by atoms with van der Waals surface area (Å²) in [6, 6.07) is 17.9. The first-order chi connectivity index (χ1) is 31.7. The number of aliphatic imine (C=N–C) groups is 2. The van der Waals surface area contributed by atoms with Crippen LogP contribution in [0.25, 0.3) is 0 Å². The molecule has 0 spiro atoms. The van der Waals surface area contributed by atoms with E-state index in [4.69, 9.17) is 9.98 Å². The summed E-state index contributed by atoms with van der Waals surface area (Å²) in [6.07, 6.45) is 51.5. The van der Waals surface area contributed by atoms with Gasteiger partial charge in [-0.1, -0.05) is 219 Å². The molecule has 2 aromatic rings. The van der Waals surface area contributed by atoms with Crippen molar-refractivity contribution in [1.29, 1.82) is 0 Å². The van der Waals surface area contributed by atoms with Crippen molar-refractivity contribution in [1.82, 2.24) is 0 Å². The maximum absolute atomic E-state index is 5.25. The average molecular weight is 873 g/mol. The maximum atomic E-state index is 5.25. The first-order valence-corrected chi connectivity index (χ1v) is 27.9. The molecule has 2 heteroatoms. The molecule has 0 N–H and O–H groups in total. The number of aryl methyl sites for hydroxylation is 2. The van der Waals surface area contributed by atoms with E-state index in [1.54, 1.807) is 0 Å². The van der Waals surface area contributed by atoms with E-state index < -0.39 is 0 Å². The van der Waals surface area contributed by atoms with Gasteiger partial charge in [0, 0.05) is 25.7 Å². The maximum Gasteiger partial charge on any atom is 0.0633 e. The molecule has 0 aliphatic carbocycles. The van der Waals surface area contributed by atoms with Crippen LogP contribution in [0.2, 0.25) is 0 Å². The Bertz CT molecular complexity index is 1400. The molecule has 0 saturated carbocycles. The summed E-state index contributed by atoms with van der Waals surface area (Å²) in [5.41, 5.74) is 7.15. The number of nitrogens with zero attached hydrogens (tertiary/aromatic N) is 2. The van der Waals surface area contributed by atoms with Crippen LogP contribution in [0.1, 0.15) is 283 Å². The second kappa shape index (κ2) is 43.8. The fourth-order valence-electron chi connectivity index (χ4n) is 8.58. The SMILES string of the molecule is CCCCCCCCCCCCCCCC#CCCCc1ccc(N=C(CCCC)C(CCCC)=Nc2ccc(CCCC#CCCCCCCCCCCCCCCC)cc2)cc1. The van der Waals surface area contributed by atoms with Crippen LogP contribution in [0.15, 0.2) is 58.5 Å². The van der Waals surface area contributed by atoms with Gasteiger partial charge in [0.05, 0.1) is 22.8 Å². The van der Waals surface area contributed by atoms with Crippen molar-refractivity contribution in [2.45, 2.75) is 285 Å². The first-order valence-electron chi connectivity index (χ1n) is 27.9. The van der Waals surface area contributed by atoms with Crippen LogP contribution < -0.4 is 0 Å². The molecule has 0 amide bonds. The molecule has 2 rings (SSSR count). The standard InChI is InChI=1S/C62H100N2/c1-5-9-13-15-17-19-21-23-25-27-29-31-33-35-37-39-41-43-45-57-49-53-59(54-50-57)63-61(47-11-7-3)62(48-12-8-4)64-60-55-51-58(52-56-60)46-44-42-40-38-36-34-32-30-28-26-24-22-20-18-16-14-10-6-2/h49-56H,5-36,41-48H2,1-4H3. The summed E-state index contributed by atoms with van der Waals surface area (Å²) in [7, 11) is 0. The fraction of sp³-hybridized carbons (Fsp3) is 0.710. The molecule has 0 fully saturated rings. The molecule has 0 aliphatic rings. The summed E-state index contributed by atoms with van der Waals surface area (Å²) in [4.78, 5) is 10.5. The largest absolute Gasteiger partial charge is 0.252 e. The molecule has 2 nitrogen and oxygen atoms in total. The normalized spacial score (nSPS) is 11.7. The summed E-state index contributed by atoms with van der Waals surface area (Å²) in [6.45, 7) is 9.13. The molecule has 0 saturated heterocycles. The summed E-state index contributed by atoms with van der Waals surface area (Å²) < 4.78 is 0. The molecule has 64 heavy (non-hydrogen) atoms. The van der Waals surface area contributed by atoms with Crippen LogP contribution >= 0.6 is 0 Å². The molecule has 0 atom stereocenters. The average Bonchev–Trinajstić information content (AvgIpc) is 3.31. The van der Waals surface area contributed by atoms with Gasteiger partial charge in [0.25, 0.3) is 0 Å². The quantitative estimate of drug-likeness (QED) is 0.0361. The van der Waals surface area contributed by atoms with Gasteiger partial charge in [0.15, 0.2) is 0 Å². The first kappa shape index (κ1) is 57.0. The number of hydrogen-bond donors (Lipinski definition) is 0. The smallest absolute Gasteiger partial charge is 0.0633 e. The van der Waals surface area contributed by atoms with Gasteiger partial charge < -0.3 is 0 Å². The van der Waals surface area contributed by atoms with Crippen LogP contribution in [0.4, 0.5) is 11.4 Å². The lowest BCUT2D eigenvalue weighted by Gasteiger charge is -2.11. The lowest BCUT2D eigenvalue weighted by atomic mass is 10.0. The van der Waals surface area contributed by atoms with E-state index in [0.717, 1.165) is 113 Å². The Morgan fingerprint density at radius 3 is 0.828 bits per heavy atom. The third-order valence-electron chi connectivity index (χ3n) is 12.9. The van der Waals surface area contributed by atoms with Gasteiger partial charge in [-0.05, 0) is 99.6 Å². The van der Waals surface area contributed by atoms with Crippen molar-refractivity contribution in [2.75, 3.05) is 0 Å². The predicted octanol–water partition coefficient (Wildman–Crippen LogP) is 20.5. The van der Waals surface area contributed by atoms with Crippen LogP contribution in [-0.2, 0) is 12.8 Å². The van der Waals surface area contributed by atoms with Crippen molar-refractivity contribution in [3.05, 3.63) is 59.7 Å². The molecular weight excluding hydrogens is 773 g/mol. The Morgan fingerprint density at radius 2 is 0.547 bits per heavy atom. The highest BCUT2D eigenvalue weighted by molar-refractivity contribution is 6.43. The number of benzene rings is 2. The van der Waals surface area contributed by atoms with Crippen LogP contribution in [-0.4, -0.2) is 11.4 Å². The van der Waals surface area contributed by atoms with Crippen molar-refractivity contribution in [2.24, 2.45) is 9.98 Å². The minimum atomic E-state index is 0.969. The molecule has 0 aliphatic heterocycles. The van der Waals surface area contributed by atoms with E-state index in [0.29, 0.717) is 0 Å². The molecule has 358 valence electrons. The second-order valence-corrected chi connectivity index (χ2v) is 19.1. The predicted molar refractivity (Wildman–Crippen MR) is 288 cm³/mol. The number of rotatable bonds is 41. The van der Waals surface area contributed by atoms with Gasteiger partial charge in [0.1, 0.15) is 0 Å². The van der Waals surface area contributed by atoms with E-state index in [9.17, 15) is 0 Å². The highest BCUT2D eigenvalue weighted by Crippen LogP contribution is 2.22. The molecule has 0 bridgehead atoms. The van der Waals surface area contributed by atoms with Crippen LogP contribution in [0.5, 0.6) is 0 Å². The van der Waals surface area contributed by atoms with Crippen LogP contribution in [0.3, 0.4) is 0 Å². The summed E-state index contributed by atoms with van der Waals surface area (Å²) >= 11 is 0. The number of hydrogen-bond acceptors (Lipinski definition) is 2. The second-order valence-electron chi connectivity index (χ2n) is 19.1. The van der Waals surface area contributed by atoms with Gasteiger partial charge in [-0.25, -0.2) is 0 Å². The third-order valence-corrected chi connectivity index (χ3v) is 12.9. The zero-order valence-electron chi connectivity index (χ0n) is 42.8. The highest BCUT2D eigenvalue weighted by Gasteiger charge is 2.11. The molecular formula is C62H100N2. The minimum absolute atomic E-state index is 0.969. The summed E-state index contributed by atoms with van der Waals surface area (Å²) in [5.74, 6) is 13.8. The lowest BCUT2D eigenvalue weighted by molar-refractivity contribution is 0.540. The zero-order chi connectivity index (χ0) is 45.6. The Kier molecular flexibility index (Phi) is 39.0. The number of unbranched alkanes of at least 4 members (excludes halogenated alkanes) is 30. The molecule has 0 unspecified atom stereocenters. The monoisotopic (exact) mass is 873 g/mol. The molecule has 0 radical (unpaired) electrons. The highest BCUT2D eigenvalue weighted by atomic mass is 14.8. The van der Waals surface area contributed by atoms with Crippen molar-refractivity contribution in [3.63, 3.8) is 0 Å². The zero-order valence-corrected chi connectivity index (χ0v) is 42.8. The van der Waals surface area contributed by atoms with Gasteiger partial charge >= 0.3 is 0 Å². The van der Waals surface area contributed by atoms with Crippen LogP contribution in [0, 0.1) is 23.7 Å².